The largest absolute Gasteiger partial charge is 0.385 e. The van der Waals surface area contributed by atoms with Gasteiger partial charge in [0, 0.05) is 23.5 Å². The molecule has 5 nitrogen and oxygen atoms in total. The summed E-state index contributed by atoms with van der Waals surface area (Å²) in [5.74, 6) is -0.173. The highest BCUT2D eigenvalue weighted by Gasteiger charge is 2.11. The van der Waals surface area contributed by atoms with Gasteiger partial charge in [-0.1, -0.05) is 11.6 Å². The third-order valence-electron chi connectivity index (χ3n) is 2.59. The summed E-state index contributed by atoms with van der Waals surface area (Å²) in [6.07, 6.45) is 1.64. The molecule has 100 valence electrons. The first-order valence-corrected chi connectivity index (χ1v) is 6.38. The number of benzene rings is 1. The van der Waals surface area contributed by atoms with Gasteiger partial charge in [0.2, 0.25) is 0 Å². The van der Waals surface area contributed by atoms with E-state index in [0.717, 1.165) is 17.9 Å². The Morgan fingerprint density at radius 2 is 2.26 bits per heavy atom. The van der Waals surface area contributed by atoms with Gasteiger partial charge in [-0.15, -0.1) is 0 Å². The molecule has 0 bridgehead atoms. The molecule has 1 aromatic heterocycles. The second-order valence-corrected chi connectivity index (χ2v) is 4.42. The number of halogens is 1. The van der Waals surface area contributed by atoms with E-state index in [1.165, 1.54) is 0 Å². The van der Waals surface area contributed by atoms with E-state index in [1.807, 2.05) is 13.0 Å². The number of hydrogen-bond donors (Lipinski definition) is 3. The van der Waals surface area contributed by atoms with Gasteiger partial charge >= 0.3 is 0 Å². The normalized spacial score (nSPS) is 10.2. The molecule has 0 saturated heterocycles. The average molecular weight is 279 g/mol. The summed E-state index contributed by atoms with van der Waals surface area (Å²) in [4.78, 5) is 12.1. The van der Waals surface area contributed by atoms with E-state index in [4.69, 9.17) is 11.6 Å². The molecule has 0 fully saturated rings. The molecule has 0 radical (unpaired) electrons. The summed E-state index contributed by atoms with van der Waals surface area (Å²) in [6.45, 7) is 3.11. The molecule has 2 aromatic rings. The monoisotopic (exact) mass is 278 g/mol. The molecule has 6 heteroatoms. The van der Waals surface area contributed by atoms with E-state index in [2.05, 4.69) is 20.8 Å². The predicted octanol–water partition coefficient (Wildman–Crippen LogP) is 2.42. The number of amides is 1. The molecule has 0 spiro atoms. The number of H-pyrrole nitrogens is 1. The molecule has 0 saturated carbocycles. The maximum absolute atomic E-state index is 12.1. The van der Waals surface area contributed by atoms with Gasteiger partial charge in [-0.25, -0.2) is 0 Å². The first-order chi connectivity index (χ1) is 9.20. The fraction of sp³-hybridized carbons (Fsp3) is 0.231. The smallest absolute Gasteiger partial charge is 0.253 e. The molecule has 0 aliphatic heterocycles. The Hall–Kier alpha value is -2.01. The lowest BCUT2D eigenvalue weighted by molar-refractivity contribution is 0.0951. The van der Waals surface area contributed by atoms with E-state index in [1.54, 1.807) is 24.4 Å². The van der Waals surface area contributed by atoms with Gasteiger partial charge in [0.1, 0.15) is 0 Å². The highest BCUT2D eigenvalue weighted by Crippen LogP contribution is 2.20. The number of carbonyl (C=O) groups excluding carboxylic acids is 1. The molecule has 3 N–H and O–H groups in total. The van der Waals surface area contributed by atoms with E-state index in [-0.39, 0.29) is 5.91 Å². The van der Waals surface area contributed by atoms with Crippen LogP contribution in [0, 0.1) is 0 Å². The maximum Gasteiger partial charge on any atom is 0.253 e. The zero-order valence-electron chi connectivity index (χ0n) is 10.5. The molecule has 19 heavy (non-hydrogen) atoms. The Morgan fingerprint density at radius 1 is 1.42 bits per heavy atom. The van der Waals surface area contributed by atoms with Gasteiger partial charge in [0.25, 0.3) is 5.91 Å². The summed E-state index contributed by atoms with van der Waals surface area (Å²) in [5, 5.41) is 13.1. The van der Waals surface area contributed by atoms with Crippen LogP contribution in [0.25, 0.3) is 0 Å². The number of nitrogens with one attached hydrogen (secondary N) is 3. The number of nitrogens with zero attached hydrogens (tertiary/aromatic N) is 1. The van der Waals surface area contributed by atoms with Crippen LogP contribution in [0.3, 0.4) is 0 Å². The van der Waals surface area contributed by atoms with Crippen LogP contribution < -0.4 is 10.6 Å². The average Bonchev–Trinajstić information content (AvgIpc) is 2.91. The predicted molar refractivity (Wildman–Crippen MR) is 75.4 cm³/mol. The van der Waals surface area contributed by atoms with Crippen LogP contribution >= 0.6 is 11.6 Å². The summed E-state index contributed by atoms with van der Waals surface area (Å²) in [6, 6.07) is 7.02. The molecule has 2 rings (SSSR count). The molecule has 1 aromatic carbocycles. The number of aromatic nitrogens is 2. The molecule has 0 unspecified atom stereocenters. The third-order valence-corrected chi connectivity index (χ3v) is 2.83. The minimum Gasteiger partial charge on any atom is -0.385 e. The molecule has 0 aliphatic carbocycles. The molecule has 0 aliphatic rings. The molecular weight excluding hydrogens is 264 g/mol. The zero-order valence-corrected chi connectivity index (χ0v) is 11.3. The number of hydrogen-bond acceptors (Lipinski definition) is 3. The highest BCUT2D eigenvalue weighted by molar-refractivity contribution is 6.31. The fourth-order valence-electron chi connectivity index (χ4n) is 1.70. The van der Waals surface area contributed by atoms with Crippen LogP contribution in [0.15, 0.2) is 30.5 Å². The first kappa shape index (κ1) is 13.4. The third kappa shape index (κ3) is 3.48. The quantitative estimate of drug-likeness (QED) is 0.787. The van der Waals surface area contributed by atoms with Crippen LogP contribution in [0.1, 0.15) is 23.0 Å². The van der Waals surface area contributed by atoms with E-state index in [0.29, 0.717) is 17.1 Å². The van der Waals surface area contributed by atoms with Crippen LogP contribution in [0.5, 0.6) is 0 Å². The molecule has 1 amide bonds. The maximum atomic E-state index is 12.1. The highest BCUT2D eigenvalue weighted by atomic mass is 35.5. The minimum atomic E-state index is -0.173. The Bertz CT molecular complexity index is 554. The second kappa shape index (κ2) is 6.24. The van der Waals surface area contributed by atoms with Crippen LogP contribution in [-0.2, 0) is 6.54 Å². The standard InChI is InChI=1S/C13H15ClN4O/c1-2-15-12-4-3-9(14)7-11(12)13(19)16-8-10-5-6-17-18-10/h3-7,15H,2,8H2,1H3,(H,16,19)(H,17,18). The SMILES string of the molecule is CCNc1ccc(Cl)cc1C(=O)NCc1ccn[nH]1. The summed E-state index contributed by atoms with van der Waals surface area (Å²) in [7, 11) is 0. The van der Waals surface area contributed by atoms with Crippen molar-refractivity contribution in [2.45, 2.75) is 13.5 Å². The van der Waals surface area contributed by atoms with Crippen molar-refractivity contribution < 1.29 is 4.79 Å². The van der Waals surface area contributed by atoms with Gasteiger partial charge in [-0.2, -0.15) is 5.10 Å². The lowest BCUT2D eigenvalue weighted by Crippen LogP contribution is -2.24. The molecule has 0 atom stereocenters. The second-order valence-electron chi connectivity index (χ2n) is 3.98. The van der Waals surface area contributed by atoms with Crippen molar-refractivity contribution >= 4 is 23.2 Å². The lowest BCUT2D eigenvalue weighted by atomic mass is 10.1. The van der Waals surface area contributed by atoms with E-state index >= 15 is 0 Å². The Morgan fingerprint density at radius 3 is 2.95 bits per heavy atom. The number of carbonyl (C=O) groups is 1. The summed E-state index contributed by atoms with van der Waals surface area (Å²) >= 11 is 5.94. The van der Waals surface area contributed by atoms with Gasteiger partial charge in [-0.05, 0) is 31.2 Å². The number of rotatable bonds is 5. The Balaban J connectivity index is 2.11. The Labute approximate surface area is 116 Å². The van der Waals surface area contributed by atoms with Gasteiger partial charge in [0.05, 0.1) is 17.8 Å². The van der Waals surface area contributed by atoms with Crippen molar-refractivity contribution in [3.8, 4) is 0 Å². The minimum absolute atomic E-state index is 0.173. The van der Waals surface area contributed by atoms with Gasteiger partial charge in [0.15, 0.2) is 0 Å². The van der Waals surface area contributed by atoms with Crippen molar-refractivity contribution in [3.05, 3.63) is 46.7 Å². The summed E-state index contributed by atoms with van der Waals surface area (Å²) < 4.78 is 0. The van der Waals surface area contributed by atoms with Crippen LogP contribution in [0.4, 0.5) is 5.69 Å². The van der Waals surface area contributed by atoms with Crippen LogP contribution in [0.2, 0.25) is 5.02 Å². The molecule has 1 heterocycles. The van der Waals surface area contributed by atoms with Crippen molar-refractivity contribution in [3.63, 3.8) is 0 Å². The fourth-order valence-corrected chi connectivity index (χ4v) is 1.87. The number of anilines is 1. The van der Waals surface area contributed by atoms with E-state index < -0.39 is 0 Å². The van der Waals surface area contributed by atoms with Crippen molar-refractivity contribution in [1.29, 1.82) is 0 Å². The topological polar surface area (TPSA) is 69.8 Å². The van der Waals surface area contributed by atoms with Gasteiger partial charge in [-0.3, -0.25) is 9.89 Å². The van der Waals surface area contributed by atoms with Crippen molar-refractivity contribution in [2.75, 3.05) is 11.9 Å². The Kier molecular flexibility index (Phi) is 4.41. The van der Waals surface area contributed by atoms with Crippen molar-refractivity contribution in [2.24, 2.45) is 0 Å². The zero-order chi connectivity index (χ0) is 13.7. The van der Waals surface area contributed by atoms with Gasteiger partial charge < -0.3 is 10.6 Å². The van der Waals surface area contributed by atoms with Crippen molar-refractivity contribution in [1.82, 2.24) is 15.5 Å². The summed E-state index contributed by atoms with van der Waals surface area (Å²) in [5.41, 5.74) is 2.16. The first-order valence-electron chi connectivity index (χ1n) is 6.00. The lowest BCUT2D eigenvalue weighted by Gasteiger charge is -2.11. The number of aromatic amines is 1. The van der Waals surface area contributed by atoms with E-state index in [9.17, 15) is 4.79 Å². The van der Waals surface area contributed by atoms with Crippen LogP contribution in [-0.4, -0.2) is 22.6 Å². The molecular formula is C13H15ClN4O.